The number of imide groups is 1. The van der Waals surface area contributed by atoms with Gasteiger partial charge in [-0.15, -0.1) is 5.06 Å². The molecule has 2 amide bonds. The number of nitrogens with zero attached hydrogens (tertiary/aromatic N) is 1. The predicted molar refractivity (Wildman–Crippen MR) is 198 cm³/mol. The molecule has 14 nitrogen and oxygen atoms in total. The smallest absolute Gasteiger partial charge is 0.363 e. The number of halogens is 1. The highest BCUT2D eigenvalue weighted by molar-refractivity contribution is 6.33. The number of esters is 2. The largest absolute Gasteiger partial charge is 0.463 e. The third kappa shape index (κ3) is 6.90. The molecule has 57 heavy (non-hydrogen) atoms. The molecule has 3 saturated heterocycles. The monoisotopic (exact) mass is 809 g/mol. The van der Waals surface area contributed by atoms with E-state index >= 15 is 0 Å². The molecule has 3 aliphatic heterocycles. The third-order valence-electron chi connectivity index (χ3n) is 13.2. The standard InChI is InChI=1S/C42H48ClNO13/c1-21-22(2)38(52-24(4)46)40(54-34(21)20-51-23(3)45)53-33-19-28(12-25-6-8-29(9-7-25)39(49)55-44-35(47)10-11-36(44)48)18-32(37(33)43)42(50-5)41(56-57-42)30-14-26-13-27(16-30)17-31(41)15-26/h6-9,18-19,21-22,26-27,30-31,34,38,40H,10-17,20H2,1-5H3/t21-,22+,26?,27?,30?,31?,34?,38?,40-,41?,42?/m1/s1. The second kappa shape index (κ2) is 15.3. The Morgan fingerprint density at radius 2 is 1.51 bits per heavy atom. The minimum atomic E-state index is -1.36. The zero-order valence-electron chi connectivity index (χ0n) is 32.7. The summed E-state index contributed by atoms with van der Waals surface area (Å²) in [7, 11) is 1.60. The van der Waals surface area contributed by atoms with Gasteiger partial charge in [-0.05, 0) is 104 Å². The number of methoxy groups -OCH3 is 1. The van der Waals surface area contributed by atoms with Gasteiger partial charge in [0, 0.05) is 45.3 Å². The number of carbonyl (C=O) groups is 5. The predicted octanol–water partition coefficient (Wildman–Crippen LogP) is 5.98. The van der Waals surface area contributed by atoms with E-state index in [4.69, 9.17) is 49.9 Å². The van der Waals surface area contributed by atoms with Crippen molar-refractivity contribution >= 4 is 41.3 Å². The lowest BCUT2D eigenvalue weighted by molar-refractivity contribution is -0.645. The summed E-state index contributed by atoms with van der Waals surface area (Å²) in [5, 5.41) is 0.734. The summed E-state index contributed by atoms with van der Waals surface area (Å²) in [6.07, 6.45) is 3.08. The fourth-order valence-corrected chi connectivity index (χ4v) is 10.7. The van der Waals surface area contributed by atoms with Crippen molar-refractivity contribution in [3.05, 3.63) is 63.7 Å². The van der Waals surface area contributed by atoms with Crippen LogP contribution in [0.5, 0.6) is 5.75 Å². The minimum Gasteiger partial charge on any atom is -0.463 e. The van der Waals surface area contributed by atoms with E-state index in [0.717, 1.165) is 36.8 Å². The molecule has 2 aromatic carbocycles. The first-order chi connectivity index (χ1) is 27.2. The van der Waals surface area contributed by atoms with Crippen LogP contribution in [0, 0.1) is 35.5 Å². The Labute approximate surface area is 335 Å². The van der Waals surface area contributed by atoms with Crippen LogP contribution in [0.4, 0.5) is 0 Å². The van der Waals surface area contributed by atoms with E-state index in [1.807, 2.05) is 19.9 Å². The Balaban J connectivity index is 1.15. The zero-order valence-corrected chi connectivity index (χ0v) is 33.4. The Bertz CT molecular complexity index is 1900. The number of carbonyl (C=O) groups excluding carboxylic acids is 5. The van der Waals surface area contributed by atoms with E-state index in [1.165, 1.54) is 20.3 Å². The fourth-order valence-electron chi connectivity index (χ4n) is 10.4. The molecule has 3 unspecified atom stereocenters. The first-order valence-electron chi connectivity index (χ1n) is 19.8. The van der Waals surface area contributed by atoms with E-state index in [-0.39, 0.29) is 59.5 Å². The van der Waals surface area contributed by atoms with Gasteiger partial charge in [-0.25, -0.2) is 9.68 Å². The van der Waals surface area contributed by atoms with Crippen LogP contribution in [0.25, 0.3) is 0 Å². The van der Waals surface area contributed by atoms with Crippen LogP contribution in [0.2, 0.25) is 5.02 Å². The summed E-state index contributed by atoms with van der Waals surface area (Å²) in [4.78, 5) is 78.5. The number of benzene rings is 2. The summed E-state index contributed by atoms with van der Waals surface area (Å²) in [5.74, 6) is -2.80. The number of hydrogen-bond donors (Lipinski definition) is 0. The maximum Gasteiger partial charge on any atom is 0.363 e. The normalized spacial score (nSPS) is 35.3. The van der Waals surface area contributed by atoms with Gasteiger partial charge < -0.3 is 28.5 Å². The molecule has 15 heteroatoms. The SMILES string of the molecule is COC1(c2cc(Cc3ccc(C(=O)ON4C(=O)CCC4=O)cc3)cc(O[C@@H]3OC(COC(C)=O)[C@H](C)[C@H](C)C3OC(C)=O)c2Cl)OOC12C1CC3CC(C1)CC2C3. The first-order valence-corrected chi connectivity index (χ1v) is 20.1. The van der Waals surface area contributed by atoms with Gasteiger partial charge >= 0.3 is 17.9 Å². The van der Waals surface area contributed by atoms with Gasteiger partial charge in [0.25, 0.3) is 17.6 Å². The highest BCUT2D eigenvalue weighted by Gasteiger charge is 2.77. The summed E-state index contributed by atoms with van der Waals surface area (Å²) in [5.41, 5.74) is 1.46. The van der Waals surface area contributed by atoms with Gasteiger partial charge in [-0.3, -0.25) is 19.2 Å². The van der Waals surface area contributed by atoms with Crippen molar-refractivity contribution in [2.45, 2.75) is 109 Å². The quantitative estimate of drug-likeness (QED) is 0.148. The average molecular weight is 810 g/mol. The van der Waals surface area contributed by atoms with E-state index in [0.29, 0.717) is 28.9 Å². The van der Waals surface area contributed by atoms with E-state index < -0.39 is 59.6 Å². The lowest BCUT2D eigenvalue weighted by atomic mass is 9.47. The number of rotatable bonds is 11. The van der Waals surface area contributed by atoms with E-state index in [9.17, 15) is 24.0 Å². The van der Waals surface area contributed by atoms with Crippen molar-refractivity contribution in [2.75, 3.05) is 13.7 Å². The Hall–Kier alpha value is -4.08. The molecule has 7 aliphatic rings. The molecular formula is C42H48ClNO13. The van der Waals surface area contributed by atoms with Crippen LogP contribution >= 0.6 is 11.6 Å². The van der Waals surface area contributed by atoms with Crippen LogP contribution in [-0.2, 0) is 64.9 Å². The average Bonchev–Trinajstić information content (AvgIpc) is 3.47. The van der Waals surface area contributed by atoms with Gasteiger partial charge in [0.1, 0.15) is 12.4 Å². The highest BCUT2D eigenvalue weighted by Crippen LogP contribution is 2.70. The molecule has 4 aliphatic carbocycles. The van der Waals surface area contributed by atoms with E-state index in [2.05, 4.69) is 0 Å². The topological polar surface area (TPSA) is 162 Å². The fraction of sp³-hybridized carbons (Fsp3) is 0.595. The van der Waals surface area contributed by atoms with Crippen LogP contribution in [0.3, 0.4) is 0 Å². The van der Waals surface area contributed by atoms with Crippen molar-refractivity contribution in [1.82, 2.24) is 5.06 Å². The summed E-state index contributed by atoms with van der Waals surface area (Å²) >= 11 is 7.40. The zero-order chi connectivity index (χ0) is 40.4. The Morgan fingerprint density at radius 3 is 2.07 bits per heavy atom. The van der Waals surface area contributed by atoms with Gasteiger partial charge in [0.2, 0.25) is 6.29 Å². The van der Waals surface area contributed by atoms with Gasteiger partial charge in [0.05, 0.1) is 16.7 Å². The maximum absolute atomic E-state index is 12.8. The number of hydroxylamine groups is 2. The molecule has 1 spiro atoms. The minimum absolute atomic E-state index is 0.00484. The first kappa shape index (κ1) is 39.7. The molecule has 3 heterocycles. The molecule has 2 aromatic rings. The molecule has 9 rings (SSSR count). The molecular weight excluding hydrogens is 762 g/mol. The summed E-state index contributed by atoms with van der Waals surface area (Å²) in [6, 6.07) is 10.3. The second-order valence-corrected chi connectivity index (χ2v) is 17.0. The van der Waals surface area contributed by atoms with Crippen molar-refractivity contribution in [1.29, 1.82) is 0 Å². The lowest BCUT2D eigenvalue weighted by Gasteiger charge is -2.68. The Kier molecular flexibility index (Phi) is 10.6. The molecule has 4 bridgehead atoms. The number of hydrogen-bond acceptors (Lipinski definition) is 13. The van der Waals surface area contributed by atoms with Crippen molar-refractivity contribution in [3.8, 4) is 5.75 Å². The van der Waals surface area contributed by atoms with Crippen LogP contribution in [-0.4, -0.2) is 72.6 Å². The number of amides is 2. The van der Waals surface area contributed by atoms with Gasteiger partial charge in [-0.1, -0.05) is 37.6 Å². The molecule has 0 aromatic heterocycles. The Morgan fingerprint density at radius 1 is 0.860 bits per heavy atom. The summed E-state index contributed by atoms with van der Waals surface area (Å²) in [6.45, 7) is 6.49. The second-order valence-electron chi connectivity index (χ2n) is 16.6. The van der Waals surface area contributed by atoms with Crippen molar-refractivity contribution in [3.63, 3.8) is 0 Å². The summed E-state index contributed by atoms with van der Waals surface area (Å²) < 4.78 is 30.6. The van der Waals surface area contributed by atoms with Crippen LogP contribution in [0.15, 0.2) is 36.4 Å². The maximum atomic E-state index is 12.8. The highest BCUT2D eigenvalue weighted by atomic mass is 35.5. The third-order valence-corrected chi connectivity index (χ3v) is 13.6. The van der Waals surface area contributed by atoms with Crippen LogP contribution in [0.1, 0.15) is 99.7 Å². The molecule has 0 radical (unpaired) electrons. The van der Waals surface area contributed by atoms with Crippen molar-refractivity contribution in [2.24, 2.45) is 35.5 Å². The molecule has 7 fully saturated rings. The number of ether oxygens (including phenoxy) is 5. The van der Waals surface area contributed by atoms with Crippen LogP contribution < -0.4 is 4.74 Å². The van der Waals surface area contributed by atoms with E-state index in [1.54, 1.807) is 37.4 Å². The van der Waals surface area contributed by atoms with Gasteiger partial charge in [-0.2, -0.15) is 4.89 Å². The molecule has 4 saturated carbocycles. The lowest BCUT2D eigenvalue weighted by Crippen LogP contribution is -2.76. The molecule has 306 valence electrons. The molecule has 0 N–H and O–H groups in total. The van der Waals surface area contributed by atoms with Gasteiger partial charge in [0.15, 0.2) is 11.7 Å². The van der Waals surface area contributed by atoms with Crippen molar-refractivity contribution < 1.29 is 62.3 Å². The molecule has 6 atom stereocenters.